The lowest BCUT2D eigenvalue weighted by atomic mass is 10.2. The first-order valence-electron chi connectivity index (χ1n) is 7.21. The smallest absolute Gasteiger partial charge is 0.319 e. The van der Waals surface area contributed by atoms with E-state index in [1.165, 1.54) is 18.7 Å². The minimum absolute atomic E-state index is 0.190. The van der Waals surface area contributed by atoms with Gasteiger partial charge in [-0.25, -0.2) is 19.5 Å². The summed E-state index contributed by atoms with van der Waals surface area (Å²) in [5, 5.41) is 4.38. The van der Waals surface area contributed by atoms with Crippen LogP contribution in [-0.4, -0.2) is 43.8 Å². The largest absolute Gasteiger partial charge is 0.480 e. The summed E-state index contributed by atoms with van der Waals surface area (Å²) in [6, 6.07) is 3.71. The van der Waals surface area contributed by atoms with E-state index in [0.717, 1.165) is 0 Å². The third kappa shape index (κ3) is 2.49. The Morgan fingerprint density at radius 2 is 2.04 bits per heavy atom. The van der Waals surface area contributed by atoms with Crippen molar-refractivity contribution in [2.75, 3.05) is 20.0 Å². The molecule has 4 rings (SSSR count). The molecule has 0 fully saturated rings. The minimum Gasteiger partial charge on any atom is -0.480 e. The van der Waals surface area contributed by atoms with Gasteiger partial charge in [-0.2, -0.15) is 4.98 Å². The number of furan rings is 1. The molecule has 4 heterocycles. The number of rotatable bonds is 4. The zero-order chi connectivity index (χ0) is 17.4. The van der Waals surface area contributed by atoms with Crippen molar-refractivity contribution in [1.29, 1.82) is 0 Å². The Labute approximate surface area is 141 Å². The summed E-state index contributed by atoms with van der Waals surface area (Å²) in [7, 11) is 2.97. The number of hydrogen-bond donors (Lipinski definition) is 1. The maximum absolute atomic E-state index is 6.04. The van der Waals surface area contributed by atoms with Crippen LogP contribution in [0.15, 0.2) is 35.2 Å². The second-order valence-electron chi connectivity index (χ2n) is 4.97. The molecule has 2 N–H and O–H groups in total. The van der Waals surface area contributed by atoms with Crippen LogP contribution >= 0.6 is 0 Å². The second kappa shape index (κ2) is 5.74. The first-order valence-corrected chi connectivity index (χ1v) is 7.21. The Morgan fingerprint density at radius 1 is 1.16 bits per heavy atom. The van der Waals surface area contributed by atoms with Gasteiger partial charge in [0.1, 0.15) is 0 Å². The van der Waals surface area contributed by atoms with Crippen molar-refractivity contribution in [3.63, 3.8) is 0 Å². The van der Waals surface area contributed by atoms with Crippen LogP contribution in [0.25, 0.3) is 28.5 Å². The van der Waals surface area contributed by atoms with Crippen LogP contribution in [0, 0.1) is 0 Å². The van der Waals surface area contributed by atoms with E-state index in [4.69, 9.17) is 19.6 Å². The predicted molar refractivity (Wildman–Crippen MR) is 87.0 cm³/mol. The number of nitrogens with zero attached hydrogens (tertiary/aromatic N) is 6. The summed E-state index contributed by atoms with van der Waals surface area (Å²) in [5.74, 6) is 1.47. The highest BCUT2D eigenvalue weighted by Gasteiger charge is 2.17. The predicted octanol–water partition coefficient (Wildman–Crippen LogP) is 1.44. The molecule has 0 unspecified atom stereocenters. The molecular weight excluding hydrogens is 326 g/mol. The summed E-state index contributed by atoms with van der Waals surface area (Å²) < 4.78 is 17.1. The Kier molecular flexibility index (Phi) is 3.42. The van der Waals surface area contributed by atoms with Gasteiger partial charge in [0.2, 0.25) is 11.7 Å². The van der Waals surface area contributed by atoms with E-state index in [9.17, 15) is 0 Å². The highest BCUT2D eigenvalue weighted by molar-refractivity contribution is 5.70. The van der Waals surface area contributed by atoms with Crippen molar-refractivity contribution < 1.29 is 13.9 Å². The molecule has 0 aliphatic heterocycles. The van der Waals surface area contributed by atoms with Crippen molar-refractivity contribution in [1.82, 2.24) is 29.5 Å². The van der Waals surface area contributed by atoms with Gasteiger partial charge in [-0.05, 0) is 12.1 Å². The van der Waals surface area contributed by atoms with Crippen LogP contribution in [0.1, 0.15) is 0 Å². The van der Waals surface area contributed by atoms with Gasteiger partial charge in [0, 0.05) is 6.20 Å². The lowest BCUT2D eigenvalue weighted by molar-refractivity contribution is 0.353. The molecule has 10 nitrogen and oxygen atoms in total. The van der Waals surface area contributed by atoms with Gasteiger partial charge in [0.15, 0.2) is 17.2 Å². The number of methoxy groups -OCH3 is 2. The number of nitrogens with two attached hydrogens (primary N) is 1. The molecule has 126 valence electrons. The number of ether oxygens (including phenoxy) is 2. The molecule has 0 bridgehead atoms. The topological polar surface area (TPSA) is 126 Å². The highest BCUT2D eigenvalue weighted by atomic mass is 16.5. The van der Waals surface area contributed by atoms with Crippen LogP contribution in [0.4, 0.5) is 5.82 Å². The summed E-state index contributed by atoms with van der Waals surface area (Å²) >= 11 is 0. The third-order valence-electron chi connectivity index (χ3n) is 3.47. The van der Waals surface area contributed by atoms with Gasteiger partial charge >= 0.3 is 6.01 Å². The maximum atomic E-state index is 6.04. The summed E-state index contributed by atoms with van der Waals surface area (Å²) in [5.41, 5.74) is 7.49. The lowest BCUT2D eigenvalue weighted by Gasteiger charge is -2.08. The van der Waals surface area contributed by atoms with Crippen molar-refractivity contribution in [3.05, 3.63) is 30.8 Å². The quantitative estimate of drug-likeness (QED) is 0.587. The molecule has 0 radical (unpaired) electrons. The Morgan fingerprint density at radius 3 is 2.76 bits per heavy atom. The van der Waals surface area contributed by atoms with Crippen LogP contribution < -0.4 is 15.2 Å². The van der Waals surface area contributed by atoms with E-state index < -0.39 is 0 Å². The van der Waals surface area contributed by atoms with Crippen LogP contribution in [0.2, 0.25) is 0 Å². The maximum Gasteiger partial charge on any atom is 0.319 e. The third-order valence-corrected chi connectivity index (χ3v) is 3.47. The molecule has 0 spiro atoms. The zero-order valence-electron chi connectivity index (χ0n) is 13.4. The fourth-order valence-electron chi connectivity index (χ4n) is 2.33. The van der Waals surface area contributed by atoms with Gasteiger partial charge in [0.05, 0.1) is 37.9 Å². The molecule has 0 amide bonds. The molecule has 0 aliphatic rings. The molecule has 0 saturated carbocycles. The second-order valence-corrected chi connectivity index (χ2v) is 4.97. The van der Waals surface area contributed by atoms with E-state index in [2.05, 4.69) is 25.0 Å². The summed E-state index contributed by atoms with van der Waals surface area (Å²) in [4.78, 5) is 16.9. The fraction of sp³-hybridized carbons (Fsp3) is 0.133. The molecule has 10 heteroatoms. The molecule has 4 aromatic heterocycles. The van der Waals surface area contributed by atoms with Crippen molar-refractivity contribution in [3.8, 4) is 34.7 Å². The van der Waals surface area contributed by atoms with Crippen LogP contribution in [-0.2, 0) is 0 Å². The van der Waals surface area contributed by atoms with Crippen molar-refractivity contribution in [2.24, 2.45) is 0 Å². The molecular formula is C15H13N7O3. The first-order chi connectivity index (χ1) is 12.2. The number of nitrogen functional groups attached to an aromatic ring is 1. The number of aromatic nitrogens is 6. The average Bonchev–Trinajstić information content (AvgIpc) is 3.30. The molecule has 4 aromatic rings. The number of hydrogen-bond acceptors (Lipinski definition) is 9. The molecule has 0 aromatic carbocycles. The lowest BCUT2D eigenvalue weighted by Crippen LogP contribution is -2.03. The van der Waals surface area contributed by atoms with E-state index in [1.54, 1.807) is 30.8 Å². The first kappa shape index (κ1) is 14.9. The standard InChI is InChI=1S/C15H13N7O3/c1-23-14-8(6-17-15(20-14)24-2)9-7-22-13(11(16)18-9)19-12(21-22)10-4-3-5-25-10/h3-7H,1-2H3,(H2,16,18). The van der Waals surface area contributed by atoms with E-state index in [0.29, 0.717) is 34.4 Å². The van der Waals surface area contributed by atoms with Crippen LogP contribution in [0.3, 0.4) is 0 Å². The van der Waals surface area contributed by atoms with E-state index in [1.807, 2.05) is 0 Å². The van der Waals surface area contributed by atoms with Gasteiger partial charge in [-0.15, -0.1) is 5.10 Å². The number of anilines is 1. The van der Waals surface area contributed by atoms with Crippen molar-refractivity contribution >= 4 is 11.5 Å². The monoisotopic (exact) mass is 339 g/mol. The van der Waals surface area contributed by atoms with Gasteiger partial charge in [-0.1, -0.05) is 0 Å². The Balaban J connectivity index is 1.86. The van der Waals surface area contributed by atoms with Crippen molar-refractivity contribution in [2.45, 2.75) is 0 Å². The highest BCUT2D eigenvalue weighted by Crippen LogP contribution is 2.29. The Hall–Kier alpha value is -3.69. The zero-order valence-corrected chi connectivity index (χ0v) is 13.4. The minimum atomic E-state index is 0.190. The fourth-order valence-corrected chi connectivity index (χ4v) is 2.33. The molecule has 0 saturated heterocycles. The Bertz CT molecular complexity index is 1040. The average molecular weight is 339 g/mol. The summed E-state index contributed by atoms with van der Waals surface area (Å²) in [6.07, 6.45) is 4.76. The van der Waals surface area contributed by atoms with Gasteiger partial charge in [0.25, 0.3) is 0 Å². The van der Waals surface area contributed by atoms with E-state index >= 15 is 0 Å². The van der Waals surface area contributed by atoms with Gasteiger partial charge in [-0.3, -0.25) is 0 Å². The molecule has 0 aliphatic carbocycles. The number of fused-ring (bicyclic) bond motifs is 1. The van der Waals surface area contributed by atoms with Crippen LogP contribution in [0.5, 0.6) is 11.9 Å². The van der Waals surface area contributed by atoms with Gasteiger partial charge < -0.3 is 19.6 Å². The molecule has 0 atom stereocenters. The normalized spacial score (nSPS) is 11.0. The SMILES string of the molecule is COc1ncc(-c2cn3nc(-c4ccco4)nc3c(N)n2)c(OC)n1. The summed E-state index contributed by atoms with van der Waals surface area (Å²) in [6.45, 7) is 0. The van der Waals surface area contributed by atoms with E-state index in [-0.39, 0.29) is 11.8 Å². The molecule has 25 heavy (non-hydrogen) atoms.